The Morgan fingerprint density at radius 3 is 2.53 bits per heavy atom. The van der Waals surface area contributed by atoms with Crippen molar-refractivity contribution >= 4 is 50.9 Å². The molecule has 1 N–H and O–H groups in total. The molecular weight excluding hydrogens is 448 g/mol. The van der Waals surface area contributed by atoms with E-state index in [-0.39, 0.29) is 47.5 Å². The van der Waals surface area contributed by atoms with Gasteiger partial charge in [0.2, 0.25) is 21.8 Å². The topological polar surface area (TPSA) is 92.8 Å². The maximum Gasteiger partial charge on any atom is 0.240 e. The lowest BCUT2D eigenvalue weighted by atomic mass is 10.2. The number of carbonyl (C=O) groups is 2. The summed E-state index contributed by atoms with van der Waals surface area (Å²) < 4.78 is 33.1. The second-order valence-corrected chi connectivity index (χ2v) is 9.85. The number of nitrogens with one attached hydrogen (secondary N) is 1. The maximum atomic E-state index is 12.7. The van der Waals surface area contributed by atoms with E-state index in [4.69, 9.17) is 16.3 Å². The van der Waals surface area contributed by atoms with Crippen LogP contribution in [0.5, 0.6) is 5.75 Å². The van der Waals surface area contributed by atoms with Crippen molar-refractivity contribution in [1.82, 2.24) is 4.72 Å². The SMILES string of the molecule is COc1ccc(S(=O)(=O)NCCSCc2cccc(Cl)c2)cc1N1C(=O)CCC1=O. The summed E-state index contributed by atoms with van der Waals surface area (Å²) in [5.41, 5.74) is 1.21. The first-order valence-corrected chi connectivity index (χ1v) is 12.2. The van der Waals surface area contributed by atoms with Gasteiger partial charge in [-0.25, -0.2) is 18.0 Å². The monoisotopic (exact) mass is 468 g/mol. The molecule has 1 aliphatic heterocycles. The minimum absolute atomic E-state index is 0.0364. The average molecular weight is 469 g/mol. The smallest absolute Gasteiger partial charge is 0.240 e. The summed E-state index contributed by atoms with van der Waals surface area (Å²) in [5.74, 6) is 0.789. The van der Waals surface area contributed by atoms with Gasteiger partial charge in [-0.1, -0.05) is 23.7 Å². The van der Waals surface area contributed by atoms with Gasteiger partial charge in [0, 0.05) is 35.9 Å². The van der Waals surface area contributed by atoms with Gasteiger partial charge in [-0.05, 0) is 35.9 Å². The highest BCUT2D eigenvalue weighted by Gasteiger charge is 2.33. The first kappa shape index (κ1) is 22.6. The molecular formula is C20H21ClN2O5S2. The molecule has 0 spiro atoms. The van der Waals surface area contributed by atoms with Crippen LogP contribution >= 0.6 is 23.4 Å². The van der Waals surface area contributed by atoms with Crippen molar-refractivity contribution in [2.24, 2.45) is 0 Å². The lowest BCUT2D eigenvalue weighted by Crippen LogP contribution is -2.30. The fourth-order valence-corrected chi connectivity index (χ4v) is 5.20. The van der Waals surface area contributed by atoms with Crippen LogP contribution in [0.1, 0.15) is 18.4 Å². The number of imide groups is 1. The average Bonchev–Trinajstić information content (AvgIpc) is 3.05. The number of carbonyl (C=O) groups excluding carboxylic acids is 2. The number of hydrogen-bond donors (Lipinski definition) is 1. The van der Waals surface area contributed by atoms with Crippen LogP contribution in [0.2, 0.25) is 5.02 Å². The molecule has 2 amide bonds. The van der Waals surface area contributed by atoms with Crippen LogP contribution in [0.4, 0.5) is 5.69 Å². The molecule has 0 bridgehead atoms. The van der Waals surface area contributed by atoms with Crippen LogP contribution < -0.4 is 14.4 Å². The Bertz CT molecular complexity index is 1040. The summed E-state index contributed by atoms with van der Waals surface area (Å²) in [6.07, 6.45) is 0.197. The third-order valence-corrected chi connectivity index (χ3v) is 7.17. The standard InChI is InChI=1S/C20H21ClN2O5S2/c1-28-18-6-5-16(12-17(18)23-19(24)7-8-20(23)25)30(26,27)22-9-10-29-13-14-3-2-4-15(21)11-14/h2-6,11-12,22H,7-10,13H2,1H3. The Balaban J connectivity index is 1.64. The summed E-state index contributed by atoms with van der Waals surface area (Å²) in [7, 11) is -2.42. The fourth-order valence-electron chi connectivity index (χ4n) is 3.01. The van der Waals surface area contributed by atoms with Crippen molar-refractivity contribution in [2.75, 3.05) is 24.3 Å². The minimum atomic E-state index is -3.81. The van der Waals surface area contributed by atoms with E-state index in [1.165, 1.54) is 25.3 Å². The summed E-state index contributed by atoms with van der Waals surface area (Å²) in [6, 6.07) is 11.6. The van der Waals surface area contributed by atoms with Crippen LogP contribution in [-0.2, 0) is 25.4 Å². The number of hydrogen-bond acceptors (Lipinski definition) is 6. The van der Waals surface area contributed by atoms with Crippen molar-refractivity contribution in [3.8, 4) is 5.75 Å². The molecule has 1 saturated heterocycles. The predicted octanol–water partition coefficient (Wildman–Crippen LogP) is 3.21. The van der Waals surface area contributed by atoms with Crippen molar-refractivity contribution in [3.05, 3.63) is 53.1 Å². The van der Waals surface area contributed by atoms with Gasteiger partial charge in [-0.2, -0.15) is 11.8 Å². The van der Waals surface area contributed by atoms with Gasteiger partial charge < -0.3 is 4.74 Å². The van der Waals surface area contributed by atoms with Crippen LogP contribution in [0, 0.1) is 0 Å². The van der Waals surface area contributed by atoms with E-state index in [0.717, 1.165) is 10.5 Å². The highest BCUT2D eigenvalue weighted by Crippen LogP contribution is 2.34. The van der Waals surface area contributed by atoms with Gasteiger partial charge in [0.1, 0.15) is 5.75 Å². The largest absolute Gasteiger partial charge is 0.495 e. The normalized spacial score (nSPS) is 14.4. The van der Waals surface area contributed by atoms with Crippen LogP contribution in [0.25, 0.3) is 0 Å². The number of rotatable bonds is 9. The molecule has 2 aromatic carbocycles. The predicted molar refractivity (Wildman–Crippen MR) is 118 cm³/mol. The molecule has 1 heterocycles. The second-order valence-electron chi connectivity index (χ2n) is 6.54. The van der Waals surface area contributed by atoms with Gasteiger partial charge in [0.25, 0.3) is 0 Å². The zero-order valence-electron chi connectivity index (χ0n) is 16.3. The first-order valence-electron chi connectivity index (χ1n) is 9.17. The van der Waals surface area contributed by atoms with Gasteiger partial charge >= 0.3 is 0 Å². The number of halogens is 1. The second kappa shape index (κ2) is 9.82. The molecule has 0 aliphatic carbocycles. The molecule has 0 aromatic heterocycles. The number of amides is 2. The third kappa shape index (κ3) is 5.34. The highest BCUT2D eigenvalue weighted by molar-refractivity contribution is 7.98. The Hall–Kier alpha value is -2.07. The molecule has 0 unspecified atom stereocenters. The Morgan fingerprint density at radius 1 is 1.13 bits per heavy atom. The molecule has 0 radical (unpaired) electrons. The molecule has 1 aliphatic rings. The van der Waals surface area contributed by atoms with Crippen molar-refractivity contribution in [2.45, 2.75) is 23.5 Å². The van der Waals surface area contributed by atoms with E-state index in [1.54, 1.807) is 17.8 Å². The number of ether oxygens (including phenoxy) is 1. The number of anilines is 1. The molecule has 0 saturated carbocycles. The number of sulfonamides is 1. The zero-order valence-corrected chi connectivity index (χ0v) is 18.6. The summed E-state index contributed by atoms with van der Waals surface area (Å²) in [4.78, 5) is 25.1. The zero-order chi connectivity index (χ0) is 21.7. The number of benzene rings is 2. The van der Waals surface area contributed by atoms with Gasteiger partial charge in [0.15, 0.2) is 0 Å². The van der Waals surface area contributed by atoms with Crippen molar-refractivity contribution in [1.29, 1.82) is 0 Å². The summed E-state index contributed by atoms with van der Waals surface area (Å²) >= 11 is 7.53. The lowest BCUT2D eigenvalue weighted by molar-refractivity contribution is -0.121. The van der Waals surface area contributed by atoms with E-state index in [2.05, 4.69) is 4.72 Å². The molecule has 2 aromatic rings. The van der Waals surface area contributed by atoms with E-state index in [0.29, 0.717) is 16.5 Å². The Kier molecular flexibility index (Phi) is 7.41. The number of nitrogens with zero attached hydrogens (tertiary/aromatic N) is 1. The lowest BCUT2D eigenvalue weighted by Gasteiger charge is -2.18. The molecule has 160 valence electrons. The fraction of sp³-hybridized carbons (Fsp3) is 0.300. The van der Waals surface area contributed by atoms with Gasteiger partial charge in [-0.15, -0.1) is 0 Å². The molecule has 3 rings (SSSR count). The maximum absolute atomic E-state index is 12.7. The summed E-state index contributed by atoms with van der Waals surface area (Å²) in [5, 5.41) is 0.666. The first-order chi connectivity index (χ1) is 14.3. The highest BCUT2D eigenvalue weighted by atomic mass is 35.5. The molecule has 1 fully saturated rings. The van der Waals surface area contributed by atoms with Crippen molar-refractivity contribution in [3.63, 3.8) is 0 Å². The van der Waals surface area contributed by atoms with Crippen LogP contribution in [0.15, 0.2) is 47.4 Å². The van der Waals surface area contributed by atoms with E-state index < -0.39 is 10.0 Å². The molecule has 30 heavy (non-hydrogen) atoms. The minimum Gasteiger partial charge on any atom is -0.495 e. The van der Waals surface area contributed by atoms with Crippen LogP contribution in [0.3, 0.4) is 0 Å². The van der Waals surface area contributed by atoms with Crippen LogP contribution in [-0.4, -0.2) is 39.6 Å². The molecule has 0 atom stereocenters. The third-order valence-electron chi connectivity index (χ3n) is 4.45. The van der Waals surface area contributed by atoms with Gasteiger partial charge in [0.05, 0.1) is 17.7 Å². The number of methoxy groups -OCH3 is 1. The van der Waals surface area contributed by atoms with E-state index in [9.17, 15) is 18.0 Å². The Morgan fingerprint density at radius 2 is 1.87 bits per heavy atom. The number of thioether (sulfide) groups is 1. The van der Waals surface area contributed by atoms with Gasteiger partial charge in [-0.3, -0.25) is 9.59 Å². The molecule has 10 heteroatoms. The Labute approximate surface area is 184 Å². The van der Waals surface area contributed by atoms with E-state index >= 15 is 0 Å². The quantitative estimate of drug-likeness (QED) is 0.448. The molecule has 7 nitrogen and oxygen atoms in total. The van der Waals surface area contributed by atoms with E-state index in [1.807, 2.05) is 18.2 Å². The van der Waals surface area contributed by atoms with Crippen molar-refractivity contribution < 1.29 is 22.7 Å². The summed E-state index contributed by atoms with van der Waals surface area (Å²) in [6.45, 7) is 0.233.